The van der Waals surface area contributed by atoms with Gasteiger partial charge in [0.25, 0.3) is 0 Å². The van der Waals surface area contributed by atoms with Crippen LogP contribution in [0.15, 0.2) is 24.3 Å². The third-order valence-electron chi connectivity index (χ3n) is 3.68. The fraction of sp³-hybridized carbons (Fsp3) is 0.467. The fourth-order valence-corrected chi connectivity index (χ4v) is 2.47. The molecule has 4 nitrogen and oxygen atoms in total. The highest BCUT2D eigenvalue weighted by Gasteiger charge is 2.42. The molecular weight excluding hydrogens is 316 g/mol. The number of carbonyl (C=O) groups is 2. The van der Waals surface area contributed by atoms with Gasteiger partial charge in [-0.2, -0.15) is 13.2 Å². The molecule has 1 aliphatic heterocycles. The summed E-state index contributed by atoms with van der Waals surface area (Å²) < 4.78 is 50.9. The van der Waals surface area contributed by atoms with E-state index in [1.54, 1.807) is 6.07 Å². The van der Waals surface area contributed by atoms with Gasteiger partial charge in [-0.15, -0.1) is 0 Å². The van der Waals surface area contributed by atoms with Crippen LogP contribution in [-0.4, -0.2) is 54.0 Å². The van der Waals surface area contributed by atoms with E-state index in [1.165, 1.54) is 23.1 Å². The molecule has 1 aromatic carbocycles. The average molecular weight is 332 g/mol. The lowest BCUT2D eigenvalue weighted by Gasteiger charge is -2.23. The van der Waals surface area contributed by atoms with Crippen molar-refractivity contribution in [2.45, 2.75) is 19.0 Å². The Labute approximate surface area is 130 Å². The first kappa shape index (κ1) is 17.2. The molecule has 126 valence electrons. The van der Waals surface area contributed by atoms with Crippen LogP contribution in [0.2, 0.25) is 0 Å². The number of hydrogen-bond acceptors (Lipinski definition) is 2. The predicted molar refractivity (Wildman–Crippen MR) is 73.9 cm³/mol. The molecular formula is C15H16F4N2O2. The topological polar surface area (TPSA) is 40.6 Å². The van der Waals surface area contributed by atoms with E-state index in [0.717, 1.165) is 0 Å². The molecule has 1 saturated heterocycles. The largest absolute Gasteiger partial charge is 0.471 e. The summed E-state index contributed by atoms with van der Waals surface area (Å²) in [5.41, 5.74) is 0.241. The predicted octanol–water partition coefficient (Wildman–Crippen LogP) is 1.99. The van der Waals surface area contributed by atoms with Crippen molar-refractivity contribution in [1.82, 2.24) is 9.80 Å². The van der Waals surface area contributed by atoms with Crippen molar-refractivity contribution in [1.29, 1.82) is 0 Å². The van der Waals surface area contributed by atoms with E-state index >= 15 is 0 Å². The smallest absolute Gasteiger partial charge is 0.341 e. The van der Waals surface area contributed by atoms with Crippen molar-refractivity contribution in [2.24, 2.45) is 0 Å². The van der Waals surface area contributed by atoms with Crippen molar-refractivity contribution < 1.29 is 27.2 Å². The van der Waals surface area contributed by atoms with E-state index in [-0.39, 0.29) is 50.5 Å². The summed E-state index contributed by atoms with van der Waals surface area (Å²) in [6.07, 6.45) is -4.81. The van der Waals surface area contributed by atoms with Gasteiger partial charge in [0.2, 0.25) is 5.91 Å². The van der Waals surface area contributed by atoms with Gasteiger partial charge in [-0.25, -0.2) is 4.39 Å². The van der Waals surface area contributed by atoms with E-state index in [0.29, 0.717) is 4.90 Å². The van der Waals surface area contributed by atoms with E-state index in [4.69, 9.17) is 0 Å². The second-order valence-corrected chi connectivity index (χ2v) is 5.29. The normalized spacial score (nSPS) is 16.2. The molecule has 0 spiro atoms. The monoisotopic (exact) mass is 332 g/mol. The molecule has 1 aliphatic rings. The number of rotatable bonds is 2. The molecule has 0 atom stereocenters. The number of amides is 2. The molecule has 0 N–H and O–H groups in total. The summed E-state index contributed by atoms with van der Waals surface area (Å²) in [4.78, 5) is 25.5. The van der Waals surface area contributed by atoms with Crippen LogP contribution in [0.4, 0.5) is 17.6 Å². The number of alkyl halides is 3. The molecule has 0 radical (unpaired) electrons. The lowest BCUT2D eigenvalue weighted by Crippen LogP contribution is -2.43. The minimum absolute atomic E-state index is 0.00903. The van der Waals surface area contributed by atoms with Crippen LogP contribution in [0.5, 0.6) is 0 Å². The van der Waals surface area contributed by atoms with E-state index in [2.05, 4.69) is 0 Å². The molecule has 0 aliphatic carbocycles. The number of hydrogen-bond donors (Lipinski definition) is 0. The first-order chi connectivity index (χ1) is 10.8. The Morgan fingerprint density at radius 3 is 2.26 bits per heavy atom. The first-order valence-corrected chi connectivity index (χ1v) is 7.16. The number of carbonyl (C=O) groups excluding carboxylic acids is 2. The van der Waals surface area contributed by atoms with Crippen LogP contribution in [0.25, 0.3) is 0 Å². The Bertz CT molecular complexity index is 589. The highest BCUT2D eigenvalue weighted by atomic mass is 19.4. The SMILES string of the molecule is O=C(Cc1ccccc1F)N1CCCN(C(=O)C(F)(F)F)CC1. The summed E-state index contributed by atoms with van der Waals surface area (Å²) >= 11 is 0. The van der Waals surface area contributed by atoms with Gasteiger partial charge < -0.3 is 9.80 Å². The van der Waals surface area contributed by atoms with Crippen LogP contribution < -0.4 is 0 Å². The lowest BCUT2D eigenvalue weighted by molar-refractivity contribution is -0.185. The van der Waals surface area contributed by atoms with E-state index in [9.17, 15) is 27.2 Å². The standard InChI is InChI=1S/C15H16F4N2O2/c16-12-5-2-1-4-11(12)10-13(22)20-6-3-7-21(9-8-20)14(23)15(17,18)19/h1-2,4-5H,3,6-10H2. The molecule has 2 amide bonds. The minimum atomic E-state index is -4.91. The summed E-state index contributed by atoms with van der Waals surface area (Å²) in [7, 11) is 0. The fourth-order valence-electron chi connectivity index (χ4n) is 2.47. The zero-order chi connectivity index (χ0) is 17.0. The molecule has 1 fully saturated rings. The van der Waals surface area contributed by atoms with Crippen molar-refractivity contribution in [3.8, 4) is 0 Å². The van der Waals surface area contributed by atoms with Gasteiger partial charge in [0, 0.05) is 26.2 Å². The Morgan fingerprint density at radius 2 is 1.61 bits per heavy atom. The van der Waals surface area contributed by atoms with Crippen molar-refractivity contribution in [3.63, 3.8) is 0 Å². The number of nitrogens with zero attached hydrogens (tertiary/aromatic N) is 2. The van der Waals surface area contributed by atoms with Gasteiger partial charge in [0.1, 0.15) is 5.82 Å². The van der Waals surface area contributed by atoms with Crippen LogP contribution in [-0.2, 0) is 16.0 Å². The highest BCUT2D eigenvalue weighted by Crippen LogP contribution is 2.20. The Hall–Kier alpha value is -2.12. The summed E-state index contributed by atoms with van der Waals surface area (Å²) in [5, 5.41) is 0. The Kier molecular flexibility index (Phi) is 5.23. The number of halogens is 4. The summed E-state index contributed by atoms with van der Waals surface area (Å²) in [6.45, 7) is 0.0210. The minimum Gasteiger partial charge on any atom is -0.341 e. The molecule has 0 saturated carbocycles. The molecule has 1 heterocycles. The van der Waals surface area contributed by atoms with Gasteiger partial charge in [-0.3, -0.25) is 9.59 Å². The molecule has 2 rings (SSSR count). The summed E-state index contributed by atoms with van der Waals surface area (Å²) in [6, 6.07) is 5.85. The van der Waals surface area contributed by atoms with Crippen molar-refractivity contribution in [3.05, 3.63) is 35.6 Å². The zero-order valence-electron chi connectivity index (χ0n) is 12.3. The van der Waals surface area contributed by atoms with Gasteiger partial charge >= 0.3 is 12.1 Å². The average Bonchev–Trinajstić information content (AvgIpc) is 2.73. The number of benzene rings is 1. The molecule has 0 bridgehead atoms. The Morgan fingerprint density at radius 1 is 1.00 bits per heavy atom. The maximum Gasteiger partial charge on any atom is 0.471 e. The lowest BCUT2D eigenvalue weighted by atomic mass is 10.1. The van der Waals surface area contributed by atoms with Gasteiger partial charge in [0.15, 0.2) is 0 Å². The maximum absolute atomic E-state index is 13.5. The molecule has 1 aromatic rings. The molecule has 0 aromatic heterocycles. The highest BCUT2D eigenvalue weighted by molar-refractivity contribution is 5.82. The van der Waals surface area contributed by atoms with Gasteiger partial charge in [-0.05, 0) is 18.1 Å². The second-order valence-electron chi connectivity index (χ2n) is 5.29. The maximum atomic E-state index is 13.5. The van der Waals surface area contributed by atoms with E-state index < -0.39 is 17.9 Å². The van der Waals surface area contributed by atoms with Crippen LogP contribution in [0.1, 0.15) is 12.0 Å². The second kappa shape index (κ2) is 6.97. The molecule has 0 unspecified atom stereocenters. The van der Waals surface area contributed by atoms with Gasteiger partial charge in [-0.1, -0.05) is 18.2 Å². The van der Waals surface area contributed by atoms with Crippen LogP contribution in [0.3, 0.4) is 0 Å². The third-order valence-corrected chi connectivity index (χ3v) is 3.68. The van der Waals surface area contributed by atoms with Crippen molar-refractivity contribution in [2.75, 3.05) is 26.2 Å². The van der Waals surface area contributed by atoms with E-state index in [1.807, 2.05) is 0 Å². The summed E-state index contributed by atoms with van der Waals surface area (Å²) in [5.74, 6) is -2.75. The Balaban J connectivity index is 1.96. The third kappa shape index (κ3) is 4.43. The quantitative estimate of drug-likeness (QED) is 0.777. The molecule has 8 heteroatoms. The van der Waals surface area contributed by atoms with Crippen LogP contribution in [0, 0.1) is 5.82 Å². The van der Waals surface area contributed by atoms with Gasteiger partial charge in [0.05, 0.1) is 6.42 Å². The van der Waals surface area contributed by atoms with Crippen molar-refractivity contribution >= 4 is 11.8 Å². The molecule has 23 heavy (non-hydrogen) atoms. The zero-order valence-corrected chi connectivity index (χ0v) is 12.3. The first-order valence-electron chi connectivity index (χ1n) is 7.16. The van der Waals surface area contributed by atoms with Crippen LogP contribution >= 0.6 is 0 Å².